The van der Waals surface area contributed by atoms with Gasteiger partial charge in [0.25, 0.3) is 0 Å². The maximum absolute atomic E-state index is 13.4. The molecule has 1 fully saturated rings. The standard InChI is InChI=1S/C25H25F2N2O/c26-22-10-6-20(7-11-22)25(21-8-12-23(27)13-9-21)30-19-18-28-14-16-29(17-15-28)24-4-2-1-3-5-24/h1-2,4-13,25H,14-19H2. The molecule has 5 heteroatoms. The smallest absolute Gasteiger partial charge is 0.123 e. The zero-order valence-corrected chi connectivity index (χ0v) is 16.8. The van der Waals surface area contributed by atoms with Crippen molar-refractivity contribution in [3.8, 4) is 0 Å². The molecule has 0 unspecified atom stereocenters. The van der Waals surface area contributed by atoms with E-state index in [4.69, 9.17) is 4.74 Å². The van der Waals surface area contributed by atoms with Crippen LogP contribution in [0.3, 0.4) is 0 Å². The van der Waals surface area contributed by atoms with Gasteiger partial charge in [0.05, 0.1) is 6.61 Å². The summed E-state index contributed by atoms with van der Waals surface area (Å²) >= 11 is 0. The second-order valence-corrected chi connectivity index (χ2v) is 7.44. The molecule has 0 amide bonds. The molecule has 30 heavy (non-hydrogen) atoms. The van der Waals surface area contributed by atoms with Crippen LogP contribution in [0.25, 0.3) is 0 Å². The van der Waals surface area contributed by atoms with E-state index in [1.807, 2.05) is 18.2 Å². The third kappa shape index (κ3) is 5.23. The van der Waals surface area contributed by atoms with E-state index >= 15 is 0 Å². The molecule has 0 aromatic heterocycles. The fourth-order valence-corrected chi connectivity index (χ4v) is 3.77. The van der Waals surface area contributed by atoms with E-state index in [9.17, 15) is 8.78 Å². The number of benzene rings is 3. The predicted octanol–water partition coefficient (Wildman–Crippen LogP) is 4.69. The molecule has 155 valence electrons. The summed E-state index contributed by atoms with van der Waals surface area (Å²) in [7, 11) is 0. The minimum Gasteiger partial charge on any atom is -0.369 e. The van der Waals surface area contributed by atoms with E-state index in [-0.39, 0.29) is 17.7 Å². The molecular formula is C25H25F2N2O. The van der Waals surface area contributed by atoms with E-state index in [0.717, 1.165) is 43.9 Å². The van der Waals surface area contributed by atoms with Gasteiger partial charge in [-0.15, -0.1) is 0 Å². The highest BCUT2D eigenvalue weighted by Gasteiger charge is 2.19. The largest absolute Gasteiger partial charge is 0.369 e. The van der Waals surface area contributed by atoms with Crippen LogP contribution in [0, 0.1) is 17.7 Å². The number of hydrogen-bond donors (Lipinski definition) is 0. The van der Waals surface area contributed by atoms with Crippen LogP contribution in [-0.2, 0) is 4.74 Å². The van der Waals surface area contributed by atoms with Crippen LogP contribution in [0.4, 0.5) is 14.5 Å². The van der Waals surface area contributed by atoms with Gasteiger partial charge in [-0.3, -0.25) is 4.90 Å². The Hall–Kier alpha value is -2.76. The van der Waals surface area contributed by atoms with Crippen molar-refractivity contribution >= 4 is 5.69 Å². The van der Waals surface area contributed by atoms with Gasteiger partial charge < -0.3 is 9.64 Å². The molecular weight excluding hydrogens is 382 g/mol. The molecule has 0 atom stereocenters. The van der Waals surface area contributed by atoms with Crippen LogP contribution in [0.1, 0.15) is 17.2 Å². The number of nitrogens with zero attached hydrogens (tertiary/aromatic N) is 2. The van der Waals surface area contributed by atoms with Crippen molar-refractivity contribution in [1.82, 2.24) is 4.90 Å². The molecule has 1 radical (unpaired) electrons. The maximum Gasteiger partial charge on any atom is 0.123 e. The van der Waals surface area contributed by atoms with Gasteiger partial charge in [0.1, 0.15) is 17.7 Å². The second kappa shape index (κ2) is 9.83. The van der Waals surface area contributed by atoms with Crippen LogP contribution in [0.15, 0.2) is 72.8 Å². The molecule has 0 aliphatic carbocycles. The highest BCUT2D eigenvalue weighted by atomic mass is 19.1. The Bertz CT molecular complexity index is 863. The fourth-order valence-electron chi connectivity index (χ4n) is 3.77. The second-order valence-electron chi connectivity index (χ2n) is 7.44. The minimum absolute atomic E-state index is 0.287. The summed E-state index contributed by atoms with van der Waals surface area (Å²) in [5.41, 5.74) is 2.92. The summed E-state index contributed by atoms with van der Waals surface area (Å²) in [5, 5.41) is 0. The quantitative estimate of drug-likeness (QED) is 0.565. The van der Waals surface area contributed by atoms with Crippen molar-refractivity contribution in [3.63, 3.8) is 0 Å². The zero-order valence-electron chi connectivity index (χ0n) is 16.8. The predicted molar refractivity (Wildman–Crippen MR) is 115 cm³/mol. The Morgan fingerprint density at radius 3 is 1.97 bits per heavy atom. The summed E-state index contributed by atoms with van der Waals surface area (Å²) < 4.78 is 32.9. The molecule has 1 aliphatic rings. The van der Waals surface area contributed by atoms with Crippen molar-refractivity contribution in [2.45, 2.75) is 6.10 Å². The highest BCUT2D eigenvalue weighted by Crippen LogP contribution is 2.26. The number of halogens is 2. The summed E-state index contributed by atoms with van der Waals surface area (Å²) in [4.78, 5) is 4.75. The number of piperazine rings is 1. The van der Waals surface area contributed by atoms with Gasteiger partial charge in [-0.05, 0) is 53.6 Å². The SMILES string of the molecule is Fc1ccc(C(OCCN2CCN(c3c[c]ccc3)CC2)c2ccc(F)cc2)cc1. The lowest BCUT2D eigenvalue weighted by atomic mass is 10.0. The molecule has 1 saturated heterocycles. The number of hydrogen-bond acceptors (Lipinski definition) is 3. The first-order valence-electron chi connectivity index (χ1n) is 10.2. The summed E-state index contributed by atoms with van der Waals surface area (Å²) in [6.45, 7) is 5.23. The summed E-state index contributed by atoms with van der Waals surface area (Å²) in [5.74, 6) is -0.573. The van der Waals surface area contributed by atoms with Crippen molar-refractivity contribution in [3.05, 3.63) is 102 Å². The molecule has 1 heterocycles. The Morgan fingerprint density at radius 1 is 0.833 bits per heavy atom. The normalized spacial score (nSPS) is 15.0. The van der Waals surface area contributed by atoms with Gasteiger partial charge in [-0.2, -0.15) is 0 Å². The summed E-state index contributed by atoms with van der Waals surface area (Å²) in [6, 6.07) is 23.8. The van der Waals surface area contributed by atoms with Crippen LogP contribution in [-0.4, -0.2) is 44.2 Å². The van der Waals surface area contributed by atoms with E-state index in [1.54, 1.807) is 24.3 Å². The molecule has 0 bridgehead atoms. The van der Waals surface area contributed by atoms with Crippen molar-refractivity contribution < 1.29 is 13.5 Å². The molecule has 1 aliphatic heterocycles. The number of ether oxygens (including phenoxy) is 1. The lowest BCUT2D eigenvalue weighted by Gasteiger charge is -2.36. The third-order valence-corrected chi connectivity index (χ3v) is 5.47. The molecule has 0 N–H and O–H groups in total. The molecule has 3 aromatic rings. The topological polar surface area (TPSA) is 15.7 Å². The number of rotatable bonds is 7. The Balaban J connectivity index is 1.34. The molecule has 4 rings (SSSR count). The monoisotopic (exact) mass is 407 g/mol. The van der Waals surface area contributed by atoms with Crippen LogP contribution >= 0.6 is 0 Å². The van der Waals surface area contributed by atoms with Crippen LogP contribution in [0.2, 0.25) is 0 Å². The zero-order chi connectivity index (χ0) is 20.8. The Kier molecular flexibility index (Phi) is 6.72. The minimum atomic E-state index is -0.354. The van der Waals surface area contributed by atoms with Crippen molar-refractivity contribution in [2.75, 3.05) is 44.2 Å². The number of anilines is 1. The van der Waals surface area contributed by atoms with E-state index in [1.165, 1.54) is 30.0 Å². The Labute approximate surface area is 176 Å². The van der Waals surface area contributed by atoms with Crippen molar-refractivity contribution in [1.29, 1.82) is 0 Å². The molecule has 3 aromatic carbocycles. The van der Waals surface area contributed by atoms with Gasteiger partial charge >= 0.3 is 0 Å². The van der Waals surface area contributed by atoms with Gasteiger partial charge in [0.2, 0.25) is 0 Å². The Morgan fingerprint density at radius 2 is 1.43 bits per heavy atom. The average molecular weight is 407 g/mol. The van der Waals surface area contributed by atoms with Gasteiger partial charge in [0, 0.05) is 38.4 Å². The average Bonchev–Trinajstić information content (AvgIpc) is 2.79. The third-order valence-electron chi connectivity index (χ3n) is 5.47. The lowest BCUT2D eigenvalue weighted by Crippen LogP contribution is -2.47. The van der Waals surface area contributed by atoms with Crippen LogP contribution < -0.4 is 4.90 Å². The first-order chi connectivity index (χ1) is 14.7. The van der Waals surface area contributed by atoms with Gasteiger partial charge in [-0.25, -0.2) is 8.78 Å². The maximum atomic E-state index is 13.4. The molecule has 0 spiro atoms. The molecule has 0 saturated carbocycles. The van der Waals surface area contributed by atoms with Gasteiger partial charge in [-0.1, -0.05) is 36.4 Å². The van der Waals surface area contributed by atoms with E-state index < -0.39 is 0 Å². The fraction of sp³-hybridized carbons (Fsp3) is 0.280. The lowest BCUT2D eigenvalue weighted by molar-refractivity contribution is 0.0586. The van der Waals surface area contributed by atoms with Crippen molar-refractivity contribution in [2.24, 2.45) is 0 Å². The van der Waals surface area contributed by atoms with Gasteiger partial charge in [0.15, 0.2) is 0 Å². The highest BCUT2D eigenvalue weighted by molar-refractivity contribution is 5.46. The van der Waals surface area contributed by atoms with E-state index in [0.29, 0.717) is 6.61 Å². The first kappa shape index (κ1) is 20.5. The van der Waals surface area contributed by atoms with Crippen LogP contribution in [0.5, 0.6) is 0 Å². The molecule has 3 nitrogen and oxygen atoms in total. The van der Waals surface area contributed by atoms with E-state index in [2.05, 4.69) is 21.9 Å². The first-order valence-corrected chi connectivity index (χ1v) is 10.2. The summed E-state index contributed by atoms with van der Waals surface area (Å²) in [6.07, 6.45) is -0.354.